The molecule has 2 aromatic rings. The molecule has 0 fully saturated rings. The summed E-state index contributed by atoms with van der Waals surface area (Å²) in [4.78, 5) is 23.4. The summed E-state index contributed by atoms with van der Waals surface area (Å²) in [6, 6.07) is 5.10. The molecule has 0 saturated heterocycles. The molecule has 0 aliphatic heterocycles. The zero-order valence-corrected chi connectivity index (χ0v) is 14.4. The number of benzene rings is 1. The van der Waals surface area contributed by atoms with Gasteiger partial charge in [-0.25, -0.2) is 14.7 Å². The van der Waals surface area contributed by atoms with Gasteiger partial charge in [-0.1, -0.05) is 38.4 Å². The maximum Gasteiger partial charge on any atom is 0.343 e. The van der Waals surface area contributed by atoms with Gasteiger partial charge in [0.05, 0.1) is 17.2 Å². The highest BCUT2D eigenvalue weighted by Crippen LogP contribution is 2.21. The summed E-state index contributed by atoms with van der Waals surface area (Å²) in [5, 5.41) is 6.65. The Morgan fingerprint density at radius 3 is 2.61 bits per heavy atom. The Balaban J connectivity index is 2.13. The summed E-state index contributed by atoms with van der Waals surface area (Å²) in [5.41, 5.74) is 0.806. The van der Waals surface area contributed by atoms with Crippen molar-refractivity contribution in [3.8, 4) is 0 Å². The highest BCUT2D eigenvalue weighted by Gasteiger charge is 2.17. The van der Waals surface area contributed by atoms with Gasteiger partial charge in [-0.15, -0.1) is 0 Å². The van der Waals surface area contributed by atoms with Gasteiger partial charge in [0.2, 0.25) is 0 Å². The third-order valence-corrected chi connectivity index (χ3v) is 3.54. The quantitative estimate of drug-likeness (QED) is 0.870. The van der Waals surface area contributed by atoms with Crippen LogP contribution in [0, 0.1) is 5.41 Å². The van der Waals surface area contributed by atoms with Crippen LogP contribution in [-0.4, -0.2) is 27.3 Å². The number of nitrogens with one attached hydrogen (secondary N) is 1. The van der Waals surface area contributed by atoms with Crippen molar-refractivity contribution >= 4 is 17.6 Å². The molecule has 0 atom stereocenters. The monoisotopic (exact) mass is 337 g/mol. The van der Waals surface area contributed by atoms with E-state index < -0.39 is 5.97 Å². The van der Waals surface area contributed by atoms with Crippen LogP contribution in [0.25, 0.3) is 0 Å². The minimum Gasteiger partial charge on any atom is -0.461 e. The number of halogens is 1. The van der Waals surface area contributed by atoms with E-state index >= 15 is 0 Å². The molecular weight excluding hydrogens is 318 g/mol. The van der Waals surface area contributed by atoms with Crippen molar-refractivity contribution < 1.29 is 9.53 Å². The smallest absolute Gasteiger partial charge is 0.343 e. The number of hydrogen-bond acceptors (Lipinski definition) is 4. The van der Waals surface area contributed by atoms with Crippen molar-refractivity contribution in [2.24, 2.45) is 12.5 Å². The molecule has 23 heavy (non-hydrogen) atoms. The maximum atomic E-state index is 12.1. The molecule has 0 radical (unpaired) electrons. The van der Waals surface area contributed by atoms with Crippen LogP contribution in [0.3, 0.4) is 0 Å². The Hall–Kier alpha value is -2.08. The van der Waals surface area contributed by atoms with Gasteiger partial charge in [-0.2, -0.15) is 5.10 Å². The maximum absolute atomic E-state index is 12.1. The SMILES string of the molecule is Cn1c(Cc2ccc(C(=O)OCC(C)(C)C)c(Cl)c2)n[nH]c1=O. The van der Waals surface area contributed by atoms with E-state index in [1.807, 2.05) is 20.8 Å². The number of carbonyl (C=O) groups excluding carboxylic acids is 1. The van der Waals surface area contributed by atoms with Crippen molar-refractivity contribution in [2.45, 2.75) is 27.2 Å². The third-order valence-electron chi connectivity index (χ3n) is 3.22. The van der Waals surface area contributed by atoms with E-state index in [0.717, 1.165) is 5.56 Å². The molecule has 0 saturated carbocycles. The average Bonchev–Trinajstić information content (AvgIpc) is 2.76. The Kier molecular flexibility index (Phi) is 4.94. The number of ether oxygens (including phenoxy) is 1. The minimum absolute atomic E-state index is 0.104. The average molecular weight is 338 g/mol. The van der Waals surface area contributed by atoms with Gasteiger partial charge in [0, 0.05) is 13.5 Å². The summed E-state index contributed by atoms with van der Waals surface area (Å²) >= 11 is 6.19. The van der Waals surface area contributed by atoms with E-state index in [1.165, 1.54) is 4.57 Å². The number of aromatic nitrogens is 3. The molecule has 0 aliphatic carbocycles. The van der Waals surface area contributed by atoms with Crippen molar-refractivity contribution in [1.29, 1.82) is 0 Å². The first-order valence-corrected chi connectivity index (χ1v) is 7.61. The second kappa shape index (κ2) is 6.58. The molecule has 2 rings (SSSR count). The topological polar surface area (TPSA) is 77.0 Å². The molecule has 6 nitrogen and oxygen atoms in total. The van der Waals surface area contributed by atoms with Gasteiger partial charge in [0.25, 0.3) is 0 Å². The Labute approximate surface area is 139 Å². The second-order valence-corrected chi connectivity index (χ2v) is 7.04. The van der Waals surface area contributed by atoms with Crippen molar-refractivity contribution in [3.63, 3.8) is 0 Å². The number of H-pyrrole nitrogens is 1. The van der Waals surface area contributed by atoms with Crippen molar-refractivity contribution in [3.05, 3.63) is 50.7 Å². The van der Waals surface area contributed by atoms with E-state index in [9.17, 15) is 9.59 Å². The van der Waals surface area contributed by atoms with Crippen molar-refractivity contribution in [2.75, 3.05) is 6.61 Å². The Morgan fingerprint density at radius 1 is 1.39 bits per heavy atom. The molecule has 0 aliphatic rings. The lowest BCUT2D eigenvalue weighted by Gasteiger charge is -2.18. The predicted molar refractivity (Wildman–Crippen MR) is 87.8 cm³/mol. The van der Waals surface area contributed by atoms with Crippen LogP contribution in [0.1, 0.15) is 42.5 Å². The first-order chi connectivity index (χ1) is 10.7. The lowest BCUT2D eigenvalue weighted by Crippen LogP contribution is -2.18. The number of rotatable bonds is 4. The van der Waals surface area contributed by atoms with Crippen LogP contribution in [0.4, 0.5) is 0 Å². The minimum atomic E-state index is -0.441. The Morgan fingerprint density at radius 2 is 2.09 bits per heavy atom. The van der Waals surface area contributed by atoms with Crippen LogP contribution in [-0.2, 0) is 18.2 Å². The number of aromatic amines is 1. The van der Waals surface area contributed by atoms with E-state index in [0.29, 0.717) is 29.4 Å². The van der Waals surface area contributed by atoms with Crippen LogP contribution in [0.15, 0.2) is 23.0 Å². The number of nitrogens with zero attached hydrogens (tertiary/aromatic N) is 2. The largest absolute Gasteiger partial charge is 0.461 e. The van der Waals surface area contributed by atoms with E-state index in [2.05, 4.69) is 10.2 Å². The Bertz CT molecular complexity index is 772. The molecule has 7 heteroatoms. The number of hydrogen-bond donors (Lipinski definition) is 1. The summed E-state index contributed by atoms with van der Waals surface area (Å²) in [6.07, 6.45) is 0.437. The molecule has 1 N–H and O–H groups in total. The summed E-state index contributed by atoms with van der Waals surface area (Å²) in [6.45, 7) is 6.27. The van der Waals surface area contributed by atoms with Crippen LogP contribution >= 0.6 is 11.6 Å². The standard InChI is InChI=1S/C16H20ClN3O3/c1-16(2,3)9-23-14(21)11-6-5-10(7-12(11)17)8-13-18-19-15(22)20(13)4/h5-7H,8-9H2,1-4H3,(H,19,22). The van der Waals surface area contributed by atoms with Gasteiger partial charge in [0.15, 0.2) is 0 Å². The third kappa shape index (κ3) is 4.45. The highest BCUT2D eigenvalue weighted by molar-refractivity contribution is 6.33. The van der Waals surface area contributed by atoms with E-state index in [1.54, 1.807) is 25.2 Å². The lowest BCUT2D eigenvalue weighted by molar-refractivity contribution is 0.0367. The van der Waals surface area contributed by atoms with E-state index in [4.69, 9.17) is 16.3 Å². The lowest BCUT2D eigenvalue weighted by atomic mass is 9.99. The first-order valence-electron chi connectivity index (χ1n) is 7.23. The second-order valence-electron chi connectivity index (χ2n) is 6.63. The molecular formula is C16H20ClN3O3. The molecule has 0 spiro atoms. The molecule has 1 aromatic heterocycles. The van der Waals surface area contributed by atoms with Crippen molar-refractivity contribution in [1.82, 2.24) is 14.8 Å². The summed E-state index contributed by atoms with van der Waals surface area (Å²) in [7, 11) is 1.64. The first kappa shape index (κ1) is 17.3. The van der Waals surface area contributed by atoms with Gasteiger partial charge in [0.1, 0.15) is 5.82 Å². The van der Waals surface area contributed by atoms with Crippen LogP contribution in [0.5, 0.6) is 0 Å². The van der Waals surface area contributed by atoms with Gasteiger partial charge < -0.3 is 4.74 Å². The zero-order valence-electron chi connectivity index (χ0n) is 13.6. The fourth-order valence-electron chi connectivity index (χ4n) is 1.91. The number of esters is 1. The zero-order chi connectivity index (χ0) is 17.2. The van der Waals surface area contributed by atoms with Crippen LogP contribution < -0.4 is 5.69 Å². The molecule has 0 unspecified atom stereocenters. The molecule has 124 valence electrons. The van der Waals surface area contributed by atoms with Gasteiger partial charge in [-0.3, -0.25) is 4.57 Å². The number of carbonyl (C=O) groups is 1. The van der Waals surface area contributed by atoms with E-state index in [-0.39, 0.29) is 11.1 Å². The van der Waals surface area contributed by atoms with Gasteiger partial charge in [-0.05, 0) is 23.1 Å². The molecule has 0 amide bonds. The summed E-state index contributed by atoms with van der Waals surface area (Å²) < 4.78 is 6.70. The fraction of sp³-hybridized carbons (Fsp3) is 0.438. The van der Waals surface area contributed by atoms with Crippen LogP contribution in [0.2, 0.25) is 5.02 Å². The summed E-state index contributed by atoms with van der Waals surface area (Å²) in [5.74, 6) is 0.151. The normalized spacial score (nSPS) is 11.5. The molecule has 1 heterocycles. The van der Waals surface area contributed by atoms with Gasteiger partial charge >= 0.3 is 11.7 Å². The predicted octanol–water partition coefficient (Wildman–Crippen LogP) is 2.56. The molecule has 1 aromatic carbocycles. The fourth-order valence-corrected chi connectivity index (χ4v) is 2.19. The highest BCUT2D eigenvalue weighted by atomic mass is 35.5. The molecule has 0 bridgehead atoms.